The SMILES string of the molecule is COC(=O)CCc1ccc(C2=C(N3CCCC3)CN(c3ccc(C(=N)N)cc3)C2=O)cc1.Cl. The van der Waals surface area contributed by atoms with Crippen LogP contribution in [0.1, 0.15) is 36.0 Å². The minimum atomic E-state index is -0.231. The highest BCUT2D eigenvalue weighted by atomic mass is 35.5. The third kappa shape index (κ3) is 5.20. The minimum absolute atomic E-state index is 0. The number of hydrogen-bond donors (Lipinski definition) is 2. The third-order valence-electron chi connectivity index (χ3n) is 6.12. The second-order valence-electron chi connectivity index (χ2n) is 8.14. The number of nitrogens with one attached hydrogen (secondary N) is 1. The van der Waals surface area contributed by atoms with E-state index in [9.17, 15) is 9.59 Å². The number of aryl methyl sites for hydroxylation is 1. The number of benzene rings is 2. The second kappa shape index (κ2) is 10.5. The van der Waals surface area contributed by atoms with E-state index in [-0.39, 0.29) is 30.1 Å². The number of amides is 1. The van der Waals surface area contributed by atoms with Gasteiger partial charge in [0.2, 0.25) is 0 Å². The normalized spacial score (nSPS) is 15.6. The molecule has 2 aliphatic rings. The van der Waals surface area contributed by atoms with Crippen molar-refractivity contribution in [1.29, 1.82) is 5.41 Å². The Bertz CT molecular complexity index is 1060. The lowest BCUT2D eigenvalue weighted by Crippen LogP contribution is -2.28. The summed E-state index contributed by atoms with van der Waals surface area (Å²) in [7, 11) is 1.39. The van der Waals surface area contributed by atoms with Crippen LogP contribution in [-0.2, 0) is 20.7 Å². The zero-order chi connectivity index (χ0) is 22.7. The predicted octanol–water partition coefficient (Wildman–Crippen LogP) is 3.35. The first kappa shape index (κ1) is 24.3. The zero-order valence-corrected chi connectivity index (χ0v) is 19.5. The van der Waals surface area contributed by atoms with Crippen molar-refractivity contribution in [1.82, 2.24) is 4.90 Å². The molecular formula is C25H29ClN4O3. The Labute approximate surface area is 200 Å². The Morgan fingerprint density at radius 1 is 1.06 bits per heavy atom. The number of nitrogens with two attached hydrogens (primary N) is 1. The van der Waals surface area contributed by atoms with E-state index in [1.165, 1.54) is 7.11 Å². The Morgan fingerprint density at radius 3 is 2.27 bits per heavy atom. The molecule has 2 heterocycles. The third-order valence-corrected chi connectivity index (χ3v) is 6.12. The molecule has 0 aliphatic carbocycles. The fourth-order valence-electron chi connectivity index (χ4n) is 4.31. The summed E-state index contributed by atoms with van der Waals surface area (Å²) in [5, 5.41) is 7.58. The number of ether oxygens (including phenoxy) is 1. The summed E-state index contributed by atoms with van der Waals surface area (Å²) in [6, 6.07) is 15.1. The molecule has 0 atom stereocenters. The molecule has 1 fully saturated rings. The van der Waals surface area contributed by atoms with Gasteiger partial charge in [0.15, 0.2) is 0 Å². The van der Waals surface area contributed by atoms with Crippen LogP contribution in [0, 0.1) is 5.41 Å². The van der Waals surface area contributed by atoms with Gasteiger partial charge in [0.1, 0.15) is 5.84 Å². The molecule has 2 aromatic carbocycles. The average molecular weight is 469 g/mol. The van der Waals surface area contributed by atoms with Gasteiger partial charge < -0.3 is 20.3 Å². The van der Waals surface area contributed by atoms with Gasteiger partial charge >= 0.3 is 5.97 Å². The van der Waals surface area contributed by atoms with Gasteiger partial charge in [0, 0.05) is 36.5 Å². The van der Waals surface area contributed by atoms with Gasteiger partial charge in [-0.2, -0.15) is 0 Å². The van der Waals surface area contributed by atoms with Crippen LogP contribution in [0.2, 0.25) is 0 Å². The molecule has 7 nitrogen and oxygen atoms in total. The number of anilines is 1. The van der Waals surface area contributed by atoms with E-state index in [2.05, 4.69) is 4.90 Å². The van der Waals surface area contributed by atoms with Crippen LogP contribution in [-0.4, -0.2) is 49.4 Å². The monoisotopic (exact) mass is 468 g/mol. The fraction of sp³-hybridized carbons (Fsp3) is 0.320. The van der Waals surface area contributed by atoms with Crippen molar-refractivity contribution >= 4 is 41.4 Å². The molecule has 3 N–H and O–H groups in total. The molecule has 2 aromatic rings. The molecule has 4 rings (SSSR count). The van der Waals surface area contributed by atoms with Crippen LogP contribution in [0.4, 0.5) is 5.69 Å². The molecule has 0 radical (unpaired) electrons. The predicted molar refractivity (Wildman–Crippen MR) is 132 cm³/mol. The summed E-state index contributed by atoms with van der Waals surface area (Å²) in [5.41, 5.74) is 10.7. The molecule has 0 unspecified atom stereocenters. The van der Waals surface area contributed by atoms with Crippen LogP contribution in [0.25, 0.3) is 5.57 Å². The van der Waals surface area contributed by atoms with E-state index in [0.717, 1.165) is 54.0 Å². The van der Waals surface area contributed by atoms with Gasteiger partial charge in [-0.1, -0.05) is 24.3 Å². The van der Waals surface area contributed by atoms with Crippen molar-refractivity contribution in [3.8, 4) is 0 Å². The van der Waals surface area contributed by atoms with E-state index in [1.807, 2.05) is 36.4 Å². The quantitative estimate of drug-likeness (QED) is 0.369. The van der Waals surface area contributed by atoms with Crippen LogP contribution in [0.3, 0.4) is 0 Å². The minimum Gasteiger partial charge on any atom is -0.469 e. The van der Waals surface area contributed by atoms with Crippen molar-refractivity contribution in [3.63, 3.8) is 0 Å². The Morgan fingerprint density at radius 2 is 1.70 bits per heavy atom. The van der Waals surface area contributed by atoms with Gasteiger partial charge in [0.25, 0.3) is 5.91 Å². The van der Waals surface area contributed by atoms with Crippen LogP contribution in [0.5, 0.6) is 0 Å². The van der Waals surface area contributed by atoms with Gasteiger partial charge in [-0.3, -0.25) is 15.0 Å². The number of esters is 1. The number of carbonyl (C=O) groups is 2. The lowest BCUT2D eigenvalue weighted by Gasteiger charge is -2.22. The lowest BCUT2D eigenvalue weighted by molar-refractivity contribution is -0.140. The number of amidine groups is 1. The van der Waals surface area contributed by atoms with Crippen molar-refractivity contribution in [3.05, 3.63) is 70.9 Å². The summed E-state index contributed by atoms with van der Waals surface area (Å²) < 4.78 is 4.72. The number of likely N-dealkylation sites (tertiary alicyclic amines) is 1. The smallest absolute Gasteiger partial charge is 0.305 e. The maximum atomic E-state index is 13.5. The van der Waals surface area contributed by atoms with E-state index in [4.69, 9.17) is 15.9 Å². The lowest BCUT2D eigenvalue weighted by atomic mass is 10.0. The Hall–Kier alpha value is -3.32. The largest absolute Gasteiger partial charge is 0.469 e. The van der Waals surface area contributed by atoms with E-state index < -0.39 is 0 Å². The van der Waals surface area contributed by atoms with Gasteiger partial charge in [-0.05, 0) is 54.7 Å². The van der Waals surface area contributed by atoms with E-state index >= 15 is 0 Å². The van der Waals surface area contributed by atoms with Crippen molar-refractivity contribution in [2.75, 3.05) is 31.6 Å². The number of rotatable bonds is 7. The Balaban J connectivity index is 0.00000306. The average Bonchev–Trinajstić information content (AvgIpc) is 3.46. The number of carbonyl (C=O) groups excluding carboxylic acids is 2. The molecule has 8 heteroatoms. The number of hydrogen-bond acceptors (Lipinski definition) is 5. The van der Waals surface area contributed by atoms with Crippen molar-refractivity contribution < 1.29 is 14.3 Å². The van der Waals surface area contributed by atoms with Crippen LogP contribution < -0.4 is 10.6 Å². The zero-order valence-electron chi connectivity index (χ0n) is 18.7. The number of nitrogens with zero attached hydrogens (tertiary/aromatic N) is 2. The summed E-state index contributed by atoms with van der Waals surface area (Å²) in [5.74, 6) is -0.247. The molecule has 0 aromatic heterocycles. The number of nitrogen functional groups attached to an aromatic ring is 1. The first-order valence-corrected chi connectivity index (χ1v) is 10.9. The van der Waals surface area contributed by atoms with Crippen LogP contribution in [0.15, 0.2) is 54.2 Å². The van der Waals surface area contributed by atoms with Crippen molar-refractivity contribution in [2.45, 2.75) is 25.7 Å². The number of halogens is 1. The number of methoxy groups -OCH3 is 1. The fourth-order valence-corrected chi connectivity index (χ4v) is 4.31. The maximum absolute atomic E-state index is 13.5. The maximum Gasteiger partial charge on any atom is 0.305 e. The Kier molecular flexibility index (Phi) is 7.76. The highest BCUT2D eigenvalue weighted by Gasteiger charge is 2.35. The summed E-state index contributed by atoms with van der Waals surface area (Å²) in [6.07, 6.45) is 3.20. The van der Waals surface area contributed by atoms with E-state index in [0.29, 0.717) is 24.9 Å². The van der Waals surface area contributed by atoms with Crippen LogP contribution >= 0.6 is 12.4 Å². The molecule has 1 saturated heterocycles. The topological polar surface area (TPSA) is 99.7 Å². The molecule has 0 saturated carbocycles. The molecule has 0 spiro atoms. The standard InChI is InChI=1S/C25H28N4O3.ClH/c1-32-22(30)13-6-17-4-7-18(8-5-17)23-21(28-14-2-3-15-28)16-29(25(23)31)20-11-9-19(10-12-20)24(26)27;/h4-5,7-12H,2-3,6,13-16H2,1H3,(H3,26,27);1H. The van der Waals surface area contributed by atoms with Gasteiger partial charge in [-0.25, -0.2) is 0 Å². The molecule has 0 bridgehead atoms. The molecule has 174 valence electrons. The second-order valence-corrected chi connectivity index (χ2v) is 8.14. The molecule has 2 aliphatic heterocycles. The summed E-state index contributed by atoms with van der Waals surface area (Å²) in [4.78, 5) is 29.1. The van der Waals surface area contributed by atoms with Crippen molar-refractivity contribution in [2.24, 2.45) is 5.73 Å². The summed E-state index contributed by atoms with van der Waals surface area (Å²) in [6.45, 7) is 2.44. The summed E-state index contributed by atoms with van der Waals surface area (Å²) >= 11 is 0. The van der Waals surface area contributed by atoms with Gasteiger partial charge in [0.05, 0.1) is 19.2 Å². The van der Waals surface area contributed by atoms with Gasteiger partial charge in [-0.15, -0.1) is 12.4 Å². The molecule has 1 amide bonds. The highest BCUT2D eigenvalue weighted by molar-refractivity contribution is 6.29. The first-order chi connectivity index (χ1) is 15.5. The molecule has 33 heavy (non-hydrogen) atoms. The first-order valence-electron chi connectivity index (χ1n) is 10.9. The molecular weight excluding hydrogens is 440 g/mol. The highest BCUT2D eigenvalue weighted by Crippen LogP contribution is 2.35. The van der Waals surface area contributed by atoms with E-state index in [1.54, 1.807) is 17.0 Å².